The number of hydrogen-bond acceptors (Lipinski definition) is 3. The van der Waals surface area contributed by atoms with Crippen molar-refractivity contribution in [3.8, 4) is 11.5 Å². The fourth-order valence-corrected chi connectivity index (χ4v) is 1.50. The first kappa shape index (κ1) is 13.7. The summed E-state index contributed by atoms with van der Waals surface area (Å²) in [6, 6.07) is 5.57. The highest BCUT2D eigenvalue weighted by molar-refractivity contribution is 5.55. The molecule has 1 rings (SSSR count). The average molecular weight is 237 g/mol. The monoisotopic (exact) mass is 237 g/mol. The molecule has 1 aromatic carbocycles. The normalized spacial score (nSPS) is 10.6. The average Bonchev–Trinajstić information content (AvgIpc) is 2.28. The Hall–Kier alpha value is -1.38. The molecule has 3 heteroatoms. The lowest BCUT2D eigenvalue weighted by Crippen LogP contribution is -2.07. The van der Waals surface area contributed by atoms with Gasteiger partial charge in [0.2, 0.25) is 0 Å². The van der Waals surface area contributed by atoms with Gasteiger partial charge in [-0.25, -0.2) is 0 Å². The van der Waals surface area contributed by atoms with Gasteiger partial charge in [0.1, 0.15) is 11.5 Å². The lowest BCUT2D eigenvalue weighted by Gasteiger charge is -2.13. The van der Waals surface area contributed by atoms with E-state index in [1.165, 1.54) is 12.8 Å². The first-order chi connectivity index (χ1) is 8.13. The van der Waals surface area contributed by atoms with Crippen molar-refractivity contribution in [2.75, 3.05) is 12.3 Å². The highest BCUT2D eigenvalue weighted by Gasteiger charge is 2.05. The predicted molar refractivity (Wildman–Crippen MR) is 71.6 cm³/mol. The maximum Gasteiger partial charge on any atom is 0.146 e. The van der Waals surface area contributed by atoms with Crippen molar-refractivity contribution in [3.63, 3.8) is 0 Å². The van der Waals surface area contributed by atoms with Crippen LogP contribution in [0.5, 0.6) is 11.5 Å². The maximum atomic E-state index is 5.83. The van der Waals surface area contributed by atoms with Crippen LogP contribution in [0.2, 0.25) is 0 Å². The van der Waals surface area contributed by atoms with E-state index in [1.54, 1.807) is 0 Å². The zero-order valence-corrected chi connectivity index (χ0v) is 11.0. The molecule has 0 bridgehead atoms. The molecule has 0 aliphatic heterocycles. The number of hydrogen-bond donors (Lipinski definition) is 1. The molecule has 0 spiro atoms. The molecule has 96 valence electrons. The molecule has 17 heavy (non-hydrogen) atoms. The molecule has 0 aliphatic carbocycles. The second-order valence-electron chi connectivity index (χ2n) is 4.42. The molecule has 0 aliphatic rings. The number of nitrogen functional groups attached to an aromatic ring is 1. The van der Waals surface area contributed by atoms with Gasteiger partial charge in [0.15, 0.2) is 0 Å². The van der Waals surface area contributed by atoms with Crippen LogP contribution in [0.1, 0.15) is 40.0 Å². The molecular formula is C14H23NO2. The Morgan fingerprint density at radius 2 is 2.00 bits per heavy atom. The third-order valence-electron chi connectivity index (χ3n) is 2.36. The minimum absolute atomic E-state index is 0.118. The molecule has 0 saturated carbocycles. The molecule has 2 N–H and O–H groups in total. The van der Waals surface area contributed by atoms with E-state index in [2.05, 4.69) is 6.92 Å². The van der Waals surface area contributed by atoms with Gasteiger partial charge in [-0.1, -0.05) is 19.8 Å². The standard InChI is InChI=1S/C14H23NO2/c1-4-5-6-9-16-12-7-8-13(15)14(10-12)17-11(2)3/h7-8,10-11H,4-6,9,15H2,1-3H3. The highest BCUT2D eigenvalue weighted by atomic mass is 16.5. The van der Waals surface area contributed by atoms with Crippen LogP contribution in [0.3, 0.4) is 0 Å². The quantitative estimate of drug-likeness (QED) is 0.582. The molecule has 1 aromatic rings. The van der Waals surface area contributed by atoms with Gasteiger partial charge in [-0.2, -0.15) is 0 Å². The molecular weight excluding hydrogens is 214 g/mol. The van der Waals surface area contributed by atoms with Crippen LogP contribution >= 0.6 is 0 Å². The van der Waals surface area contributed by atoms with Crippen LogP contribution < -0.4 is 15.2 Å². The summed E-state index contributed by atoms with van der Waals surface area (Å²) in [6.45, 7) is 6.89. The molecule has 0 aromatic heterocycles. The van der Waals surface area contributed by atoms with E-state index in [-0.39, 0.29) is 6.10 Å². The number of ether oxygens (including phenoxy) is 2. The molecule has 0 atom stereocenters. The van der Waals surface area contributed by atoms with E-state index < -0.39 is 0 Å². The van der Waals surface area contributed by atoms with Gasteiger partial charge in [-0.3, -0.25) is 0 Å². The van der Waals surface area contributed by atoms with Gasteiger partial charge >= 0.3 is 0 Å². The Morgan fingerprint density at radius 3 is 2.65 bits per heavy atom. The van der Waals surface area contributed by atoms with Gasteiger partial charge in [-0.05, 0) is 32.4 Å². The zero-order chi connectivity index (χ0) is 12.7. The Balaban J connectivity index is 2.55. The number of benzene rings is 1. The molecule has 0 amide bonds. The van der Waals surface area contributed by atoms with Crippen molar-refractivity contribution < 1.29 is 9.47 Å². The number of nitrogens with two attached hydrogens (primary N) is 1. The summed E-state index contributed by atoms with van der Waals surface area (Å²) in [5.41, 5.74) is 6.49. The fraction of sp³-hybridized carbons (Fsp3) is 0.571. The van der Waals surface area contributed by atoms with Crippen molar-refractivity contribution in [2.45, 2.75) is 46.1 Å². The Morgan fingerprint density at radius 1 is 1.24 bits per heavy atom. The molecule has 0 radical (unpaired) electrons. The first-order valence-electron chi connectivity index (χ1n) is 6.32. The number of unbranched alkanes of at least 4 members (excludes halogenated alkanes) is 2. The van der Waals surface area contributed by atoms with E-state index in [1.807, 2.05) is 32.0 Å². The first-order valence-corrected chi connectivity index (χ1v) is 6.32. The third-order valence-corrected chi connectivity index (χ3v) is 2.36. The summed E-state index contributed by atoms with van der Waals surface area (Å²) in [5, 5.41) is 0. The van der Waals surface area contributed by atoms with Crippen molar-refractivity contribution in [3.05, 3.63) is 18.2 Å². The predicted octanol–water partition coefficient (Wildman–Crippen LogP) is 3.63. The summed E-state index contributed by atoms with van der Waals surface area (Å²) in [4.78, 5) is 0. The van der Waals surface area contributed by atoms with Crippen LogP contribution in [0.4, 0.5) is 5.69 Å². The van der Waals surface area contributed by atoms with E-state index in [9.17, 15) is 0 Å². The lowest BCUT2D eigenvalue weighted by molar-refractivity contribution is 0.241. The minimum Gasteiger partial charge on any atom is -0.493 e. The third kappa shape index (κ3) is 4.98. The lowest BCUT2D eigenvalue weighted by atomic mass is 10.2. The van der Waals surface area contributed by atoms with Crippen LogP contribution in [-0.4, -0.2) is 12.7 Å². The summed E-state index contributed by atoms with van der Waals surface area (Å²) in [6.07, 6.45) is 3.60. The van der Waals surface area contributed by atoms with E-state index in [4.69, 9.17) is 15.2 Å². The summed E-state index contributed by atoms with van der Waals surface area (Å²) >= 11 is 0. The van der Waals surface area contributed by atoms with E-state index >= 15 is 0 Å². The SMILES string of the molecule is CCCCCOc1ccc(N)c(OC(C)C)c1. The van der Waals surface area contributed by atoms with E-state index in [0.29, 0.717) is 11.4 Å². The van der Waals surface area contributed by atoms with Gasteiger partial charge in [0.05, 0.1) is 18.4 Å². The maximum absolute atomic E-state index is 5.83. The molecule has 0 heterocycles. The fourth-order valence-electron chi connectivity index (χ4n) is 1.50. The smallest absolute Gasteiger partial charge is 0.146 e. The van der Waals surface area contributed by atoms with Crippen molar-refractivity contribution in [1.29, 1.82) is 0 Å². The number of rotatable bonds is 7. The van der Waals surface area contributed by atoms with Gasteiger partial charge in [0.25, 0.3) is 0 Å². The van der Waals surface area contributed by atoms with Crippen LogP contribution in [0, 0.1) is 0 Å². The molecule has 0 saturated heterocycles. The second-order valence-corrected chi connectivity index (χ2v) is 4.42. The summed E-state index contributed by atoms with van der Waals surface area (Å²) in [7, 11) is 0. The molecule has 3 nitrogen and oxygen atoms in total. The summed E-state index contributed by atoms with van der Waals surface area (Å²) < 4.78 is 11.3. The minimum atomic E-state index is 0.118. The molecule has 0 unspecified atom stereocenters. The summed E-state index contributed by atoms with van der Waals surface area (Å²) in [5.74, 6) is 1.53. The second kappa shape index (κ2) is 7.05. The number of anilines is 1. The largest absolute Gasteiger partial charge is 0.493 e. The van der Waals surface area contributed by atoms with Crippen molar-refractivity contribution in [1.82, 2.24) is 0 Å². The van der Waals surface area contributed by atoms with Crippen molar-refractivity contribution >= 4 is 5.69 Å². The van der Waals surface area contributed by atoms with Crippen LogP contribution in [0.25, 0.3) is 0 Å². The van der Waals surface area contributed by atoms with Gasteiger partial charge in [-0.15, -0.1) is 0 Å². The Labute approximate surface area is 104 Å². The van der Waals surface area contributed by atoms with Crippen molar-refractivity contribution in [2.24, 2.45) is 0 Å². The van der Waals surface area contributed by atoms with Crippen LogP contribution in [0.15, 0.2) is 18.2 Å². The zero-order valence-electron chi connectivity index (χ0n) is 11.0. The van der Waals surface area contributed by atoms with E-state index in [0.717, 1.165) is 18.8 Å². The van der Waals surface area contributed by atoms with Crippen LogP contribution in [-0.2, 0) is 0 Å². The highest BCUT2D eigenvalue weighted by Crippen LogP contribution is 2.27. The van der Waals surface area contributed by atoms with Gasteiger partial charge in [0, 0.05) is 6.07 Å². The topological polar surface area (TPSA) is 44.5 Å². The van der Waals surface area contributed by atoms with Gasteiger partial charge < -0.3 is 15.2 Å². The Bertz CT molecular complexity index is 337. The Kier molecular flexibility index (Phi) is 5.67. The molecule has 0 fully saturated rings.